The van der Waals surface area contributed by atoms with Crippen LogP contribution in [0.3, 0.4) is 0 Å². The summed E-state index contributed by atoms with van der Waals surface area (Å²) in [6.07, 6.45) is 0.980. The number of nitrogens with two attached hydrogens (primary N) is 1. The highest BCUT2D eigenvalue weighted by molar-refractivity contribution is 9.10. The number of rotatable bonds is 4. The first-order chi connectivity index (χ1) is 12.1. The molecule has 0 saturated carbocycles. The molecule has 1 aliphatic rings. The Morgan fingerprint density at radius 2 is 1.92 bits per heavy atom. The van der Waals surface area contributed by atoms with E-state index in [1.807, 2.05) is 0 Å². The summed E-state index contributed by atoms with van der Waals surface area (Å²) in [4.78, 5) is 4.45. The van der Waals surface area contributed by atoms with Crippen LogP contribution in [0, 0.1) is 12.7 Å². The number of hydrogen-bond donors (Lipinski definition) is 1. The van der Waals surface area contributed by atoms with Gasteiger partial charge >= 0.3 is 10.1 Å². The van der Waals surface area contributed by atoms with Crippen LogP contribution in [0.15, 0.2) is 45.9 Å². The second-order valence-corrected chi connectivity index (χ2v) is 8.42. The van der Waals surface area contributed by atoms with Crippen LogP contribution in [0.1, 0.15) is 16.7 Å². The van der Waals surface area contributed by atoms with Crippen molar-refractivity contribution in [2.45, 2.75) is 12.5 Å². The van der Waals surface area contributed by atoms with Gasteiger partial charge < -0.3 is 14.7 Å². The van der Waals surface area contributed by atoms with Gasteiger partial charge in [-0.3, -0.25) is 0 Å². The van der Waals surface area contributed by atoms with Crippen molar-refractivity contribution in [2.75, 3.05) is 12.9 Å². The van der Waals surface area contributed by atoms with Crippen molar-refractivity contribution in [2.24, 2.45) is 10.7 Å². The van der Waals surface area contributed by atoms with Crippen LogP contribution in [0.2, 0.25) is 0 Å². The maximum atomic E-state index is 13.7. The molecule has 3 rings (SSSR count). The molecule has 1 unspecified atom stereocenters. The molecule has 2 aromatic rings. The summed E-state index contributed by atoms with van der Waals surface area (Å²) in [5.74, 6) is -0.171. The average Bonchev–Trinajstić information content (AvgIpc) is 2.94. The lowest BCUT2D eigenvalue weighted by Crippen LogP contribution is -2.27. The molecule has 2 N–H and O–H groups in total. The number of aliphatic imine (C=N–C) groups is 1. The molecule has 0 aliphatic carbocycles. The van der Waals surface area contributed by atoms with E-state index in [9.17, 15) is 12.8 Å². The summed E-state index contributed by atoms with van der Waals surface area (Å²) < 4.78 is 47.0. The minimum Gasteiger partial charge on any atom is -0.462 e. The van der Waals surface area contributed by atoms with E-state index in [2.05, 4.69) is 20.9 Å². The normalized spacial score (nSPS) is 19.8. The lowest BCUT2D eigenvalue weighted by molar-refractivity contribution is 0.278. The second-order valence-electron chi connectivity index (χ2n) is 6.00. The van der Waals surface area contributed by atoms with Crippen LogP contribution in [-0.2, 0) is 20.4 Å². The van der Waals surface area contributed by atoms with Crippen molar-refractivity contribution in [3.8, 4) is 5.75 Å². The summed E-state index contributed by atoms with van der Waals surface area (Å²) in [6.45, 7) is 1.86. The van der Waals surface area contributed by atoms with Crippen molar-refractivity contribution < 1.29 is 21.7 Å². The van der Waals surface area contributed by atoms with Gasteiger partial charge in [0.15, 0.2) is 5.54 Å². The van der Waals surface area contributed by atoms with E-state index in [0.717, 1.165) is 11.8 Å². The highest BCUT2D eigenvalue weighted by Crippen LogP contribution is 2.40. The van der Waals surface area contributed by atoms with Gasteiger partial charge in [-0.1, -0.05) is 12.1 Å². The molecule has 0 fully saturated rings. The van der Waals surface area contributed by atoms with Crippen LogP contribution in [-0.4, -0.2) is 27.3 Å². The van der Waals surface area contributed by atoms with Crippen molar-refractivity contribution >= 4 is 32.1 Å². The van der Waals surface area contributed by atoms with Gasteiger partial charge in [0.2, 0.25) is 0 Å². The first-order valence-electron chi connectivity index (χ1n) is 7.55. The molecule has 0 saturated heterocycles. The molecule has 0 radical (unpaired) electrons. The van der Waals surface area contributed by atoms with Crippen molar-refractivity contribution in [3.63, 3.8) is 0 Å². The molecule has 0 bridgehead atoms. The summed E-state index contributed by atoms with van der Waals surface area (Å²) in [7, 11) is -3.64. The zero-order valence-electron chi connectivity index (χ0n) is 14.0. The van der Waals surface area contributed by atoms with E-state index < -0.39 is 21.5 Å². The molecule has 1 atom stereocenters. The molecule has 26 heavy (non-hydrogen) atoms. The van der Waals surface area contributed by atoms with Gasteiger partial charge in [0.05, 0.1) is 10.7 Å². The smallest absolute Gasteiger partial charge is 0.306 e. The van der Waals surface area contributed by atoms with Gasteiger partial charge in [0, 0.05) is 0 Å². The summed E-state index contributed by atoms with van der Waals surface area (Å²) in [6, 6.07) is 9.59. The Morgan fingerprint density at radius 1 is 1.27 bits per heavy atom. The first kappa shape index (κ1) is 18.7. The van der Waals surface area contributed by atoms with Crippen molar-refractivity contribution in [3.05, 3.63) is 63.4 Å². The highest BCUT2D eigenvalue weighted by atomic mass is 79.9. The SMILES string of the molecule is Cc1cc(C2(c3ccc(F)c(Br)c3)COC(N)=N2)ccc1OS(C)(=O)=O. The molecule has 2 aromatic carbocycles. The molecular weight excluding hydrogens is 427 g/mol. The predicted octanol–water partition coefficient (Wildman–Crippen LogP) is 2.82. The van der Waals surface area contributed by atoms with Gasteiger partial charge in [-0.15, -0.1) is 0 Å². The molecule has 138 valence electrons. The fraction of sp³-hybridized carbons (Fsp3) is 0.235. The first-order valence-corrected chi connectivity index (χ1v) is 10.2. The fourth-order valence-electron chi connectivity index (χ4n) is 2.81. The van der Waals surface area contributed by atoms with Crippen molar-refractivity contribution in [1.82, 2.24) is 0 Å². The number of hydrogen-bond acceptors (Lipinski definition) is 6. The Bertz CT molecular complexity index is 1010. The van der Waals surface area contributed by atoms with Crippen LogP contribution in [0.4, 0.5) is 4.39 Å². The summed E-state index contributed by atoms with van der Waals surface area (Å²) in [5.41, 5.74) is 6.78. The molecule has 0 amide bonds. The van der Waals surface area contributed by atoms with Crippen LogP contribution >= 0.6 is 15.9 Å². The lowest BCUT2D eigenvalue weighted by Gasteiger charge is -2.26. The largest absolute Gasteiger partial charge is 0.462 e. The number of amidine groups is 1. The molecule has 6 nitrogen and oxygen atoms in total. The number of nitrogens with zero attached hydrogens (tertiary/aromatic N) is 1. The van der Waals surface area contributed by atoms with Crippen LogP contribution in [0.25, 0.3) is 0 Å². The number of ether oxygens (including phenoxy) is 1. The molecule has 9 heteroatoms. The van der Waals surface area contributed by atoms with E-state index in [0.29, 0.717) is 15.6 Å². The lowest BCUT2D eigenvalue weighted by atomic mass is 9.83. The zero-order chi connectivity index (χ0) is 19.1. The second kappa shape index (κ2) is 6.55. The van der Waals surface area contributed by atoms with Gasteiger partial charge in [-0.2, -0.15) is 8.42 Å². The van der Waals surface area contributed by atoms with Gasteiger partial charge in [-0.25, -0.2) is 9.38 Å². The van der Waals surface area contributed by atoms with E-state index in [1.54, 1.807) is 37.3 Å². The quantitative estimate of drug-likeness (QED) is 0.734. The maximum absolute atomic E-state index is 13.7. The Hall–Kier alpha value is -2.13. The number of halogens is 2. The number of benzene rings is 2. The molecule has 0 spiro atoms. The number of aryl methyl sites for hydroxylation is 1. The Labute approximate surface area is 159 Å². The minimum absolute atomic E-state index is 0.0274. The van der Waals surface area contributed by atoms with E-state index in [1.165, 1.54) is 6.07 Å². The van der Waals surface area contributed by atoms with Gasteiger partial charge in [-0.05, 0) is 63.8 Å². The fourth-order valence-corrected chi connectivity index (χ4v) is 3.70. The maximum Gasteiger partial charge on any atom is 0.306 e. The third kappa shape index (κ3) is 3.54. The molecular formula is C17H16BrFN2O4S. The Kier molecular flexibility index (Phi) is 4.70. The van der Waals surface area contributed by atoms with E-state index in [-0.39, 0.29) is 18.4 Å². The Balaban J connectivity index is 2.13. The highest BCUT2D eigenvalue weighted by Gasteiger charge is 2.40. The topological polar surface area (TPSA) is 91.0 Å². The van der Waals surface area contributed by atoms with Gasteiger partial charge in [0.25, 0.3) is 6.02 Å². The Morgan fingerprint density at radius 3 is 2.46 bits per heavy atom. The minimum atomic E-state index is -3.64. The molecule has 0 aromatic heterocycles. The third-order valence-electron chi connectivity index (χ3n) is 4.02. The van der Waals surface area contributed by atoms with E-state index >= 15 is 0 Å². The van der Waals surface area contributed by atoms with Crippen molar-refractivity contribution in [1.29, 1.82) is 0 Å². The average molecular weight is 443 g/mol. The van der Waals surface area contributed by atoms with E-state index in [4.69, 9.17) is 14.7 Å². The summed E-state index contributed by atoms with van der Waals surface area (Å²) in [5, 5.41) is 0. The summed E-state index contributed by atoms with van der Waals surface area (Å²) >= 11 is 3.18. The van der Waals surface area contributed by atoms with Crippen LogP contribution < -0.4 is 9.92 Å². The van der Waals surface area contributed by atoms with Gasteiger partial charge in [0.1, 0.15) is 18.2 Å². The third-order valence-corrected chi connectivity index (χ3v) is 5.11. The predicted molar refractivity (Wildman–Crippen MR) is 99.1 cm³/mol. The molecule has 1 aliphatic heterocycles. The zero-order valence-corrected chi connectivity index (χ0v) is 16.4. The van der Waals surface area contributed by atoms with Crippen LogP contribution in [0.5, 0.6) is 5.75 Å². The standard InChI is InChI=1S/C17H16BrFN2O4S/c1-10-7-11(4-6-15(10)25-26(2,22)23)17(9-24-16(20)21-17)12-3-5-14(19)13(18)8-12/h3-8H,9H2,1-2H3,(H2,20,21). The monoisotopic (exact) mass is 442 g/mol. The molecule has 1 heterocycles.